The number of carbonyl (C=O) groups is 2. The molecule has 0 bridgehead atoms. The average Bonchev–Trinajstić information content (AvgIpc) is 3.39. The molecule has 0 radical (unpaired) electrons. The van der Waals surface area contributed by atoms with Gasteiger partial charge in [-0.3, -0.25) is 9.59 Å². The van der Waals surface area contributed by atoms with Crippen molar-refractivity contribution < 1.29 is 14.3 Å². The largest absolute Gasteiger partial charge is 0.468 e. The lowest BCUT2D eigenvalue weighted by Crippen LogP contribution is -2.33. The second kappa shape index (κ2) is 6.18. The maximum atomic E-state index is 12.2. The molecule has 0 saturated heterocycles. The van der Waals surface area contributed by atoms with Crippen LogP contribution in [-0.4, -0.2) is 25.5 Å². The fraction of sp³-hybridized carbons (Fsp3) is 0.333. The number of benzene rings is 2. The molecule has 0 heterocycles. The second-order valence-electron chi connectivity index (χ2n) is 5.66. The highest BCUT2D eigenvalue weighted by molar-refractivity contribution is 5.91. The second-order valence-corrected chi connectivity index (χ2v) is 5.66. The first-order chi connectivity index (χ1) is 10.7. The standard InChI is InChI=1S/C18H19NO3/c1-22-18(21)16(11-19-17(20)13-9-10-13)15-8-4-6-12-5-2-3-7-14(12)15/h2-8,13,16H,9-11H2,1H3,(H,19,20). The van der Waals surface area contributed by atoms with Crippen LogP contribution in [0.25, 0.3) is 10.8 Å². The molecule has 22 heavy (non-hydrogen) atoms. The number of methoxy groups -OCH3 is 1. The van der Waals surface area contributed by atoms with Gasteiger partial charge < -0.3 is 10.1 Å². The zero-order chi connectivity index (χ0) is 15.5. The fourth-order valence-electron chi connectivity index (χ4n) is 2.71. The van der Waals surface area contributed by atoms with Crippen LogP contribution in [0.5, 0.6) is 0 Å². The Labute approximate surface area is 129 Å². The van der Waals surface area contributed by atoms with Crippen LogP contribution >= 0.6 is 0 Å². The van der Waals surface area contributed by atoms with E-state index in [4.69, 9.17) is 4.74 Å². The van der Waals surface area contributed by atoms with Crippen LogP contribution in [-0.2, 0) is 14.3 Å². The van der Waals surface area contributed by atoms with E-state index >= 15 is 0 Å². The normalized spacial score (nSPS) is 15.3. The number of ether oxygens (including phenoxy) is 1. The summed E-state index contributed by atoms with van der Waals surface area (Å²) < 4.78 is 4.93. The average molecular weight is 297 g/mol. The van der Waals surface area contributed by atoms with E-state index in [2.05, 4.69) is 5.32 Å². The van der Waals surface area contributed by atoms with Gasteiger partial charge in [-0.05, 0) is 29.2 Å². The zero-order valence-electron chi connectivity index (χ0n) is 12.5. The number of nitrogens with one attached hydrogen (secondary N) is 1. The maximum Gasteiger partial charge on any atom is 0.314 e. The lowest BCUT2D eigenvalue weighted by atomic mass is 9.93. The Morgan fingerprint density at radius 2 is 1.91 bits per heavy atom. The first-order valence-corrected chi connectivity index (χ1v) is 7.54. The minimum atomic E-state index is -0.487. The number of fused-ring (bicyclic) bond motifs is 1. The summed E-state index contributed by atoms with van der Waals surface area (Å²) in [6, 6.07) is 13.8. The summed E-state index contributed by atoms with van der Waals surface area (Å²) in [5.74, 6) is -0.647. The predicted octanol–water partition coefficient (Wildman–Crippen LogP) is 2.62. The first kappa shape index (κ1) is 14.6. The van der Waals surface area contributed by atoms with E-state index in [0.29, 0.717) is 0 Å². The van der Waals surface area contributed by atoms with Gasteiger partial charge in [0.25, 0.3) is 0 Å². The molecule has 2 aromatic carbocycles. The first-order valence-electron chi connectivity index (χ1n) is 7.54. The molecule has 0 aromatic heterocycles. The molecule has 4 nitrogen and oxygen atoms in total. The minimum absolute atomic E-state index is 0.0362. The molecule has 1 saturated carbocycles. The number of rotatable bonds is 5. The van der Waals surface area contributed by atoms with E-state index in [9.17, 15) is 9.59 Å². The molecular formula is C18H19NO3. The number of hydrogen-bond acceptors (Lipinski definition) is 3. The lowest BCUT2D eigenvalue weighted by molar-refractivity contribution is -0.142. The number of hydrogen-bond donors (Lipinski definition) is 1. The molecule has 1 aliphatic carbocycles. The quantitative estimate of drug-likeness (QED) is 0.863. The Kier molecular flexibility index (Phi) is 4.09. The van der Waals surface area contributed by atoms with Gasteiger partial charge in [-0.1, -0.05) is 42.5 Å². The van der Waals surface area contributed by atoms with Crippen molar-refractivity contribution in [2.45, 2.75) is 18.8 Å². The molecule has 1 fully saturated rings. The van der Waals surface area contributed by atoms with Crippen LogP contribution in [0.3, 0.4) is 0 Å². The van der Waals surface area contributed by atoms with Crippen LogP contribution < -0.4 is 5.32 Å². The topological polar surface area (TPSA) is 55.4 Å². The van der Waals surface area contributed by atoms with Crippen molar-refractivity contribution in [2.75, 3.05) is 13.7 Å². The van der Waals surface area contributed by atoms with Crippen molar-refractivity contribution in [2.24, 2.45) is 5.92 Å². The molecule has 3 rings (SSSR count). The van der Waals surface area contributed by atoms with E-state index in [-0.39, 0.29) is 24.3 Å². The summed E-state index contributed by atoms with van der Waals surface area (Å²) in [6.07, 6.45) is 1.89. The van der Waals surface area contributed by atoms with Crippen LogP contribution in [0.4, 0.5) is 0 Å². The summed E-state index contributed by atoms with van der Waals surface area (Å²) >= 11 is 0. The molecule has 114 valence electrons. The molecule has 0 aliphatic heterocycles. The van der Waals surface area contributed by atoms with Crippen LogP contribution in [0.1, 0.15) is 24.3 Å². The molecule has 0 spiro atoms. The monoisotopic (exact) mass is 297 g/mol. The summed E-state index contributed by atoms with van der Waals surface area (Å²) in [6.45, 7) is 0.274. The summed E-state index contributed by atoms with van der Waals surface area (Å²) in [7, 11) is 1.38. The Morgan fingerprint density at radius 1 is 1.18 bits per heavy atom. The molecule has 4 heteroatoms. The van der Waals surface area contributed by atoms with E-state index in [1.54, 1.807) is 0 Å². The van der Waals surface area contributed by atoms with E-state index < -0.39 is 5.92 Å². The molecular weight excluding hydrogens is 278 g/mol. The van der Waals surface area contributed by atoms with Gasteiger partial charge in [0.2, 0.25) is 5.91 Å². The van der Waals surface area contributed by atoms with E-state index in [1.165, 1.54) is 7.11 Å². The van der Waals surface area contributed by atoms with Crippen LogP contribution in [0.2, 0.25) is 0 Å². The molecule has 1 atom stereocenters. The van der Waals surface area contributed by atoms with Crippen molar-refractivity contribution in [3.8, 4) is 0 Å². The van der Waals surface area contributed by atoms with Crippen molar-refractivity contribution >= 4 is 22.6 Å². The predicted molar refractivity (Wildman–Crippen MR) is 84.4 cm³/mol. The molecule has 1 unspecified atom stereocenters. The highest BCUT2D eigenvalue weighted by Crippen LogP contribution is 2.30. The lowest BCUT2D eigenvalue weighted by Gasteiger charge is -2.18. The number of amides is 1. The van der Waals surface area contributed by atoms with Gasteiger partial charge >= 0.3 is 5.97 Å². The molecule has 1 N–H and O–H groups in total. The van der Waals surface area contributed by atoms with E-state index in [1.807, 2.05) is 42.5 Å². The van der Waals surface area contributed by atoms with Gasteiger partial charge in [0.15, 0.2) is 0 Å². The maximum absolute atomic E-state index is 12.2. The third-order valence-electron chi connectivity index (χ3n) is 4.11. The van der Waals surface area contributed by atoms with Gasteiger partial charge in [0.05, 0.1) is 13.0 Å². The smallest absolute Gasteiger partial charge is 0.314 e. The molecule has 1 amide bonds. The van der Waals surface area contributed by atoms with Crippen molar-refractivity contribution in [3.63, 3.8) is 0 Å². The Morgan fingerprint density at radius 3 is 2.64 bits per heavy atom. The van der Waals surface area contributed by atoms with Crippen molar-refractivity contribution in [3.05, 3.63) is 48.0 Å². The van der Waals surface area contributed by atoms with Crippen LogP contribution in [0.15, 0.2) is 42.5 Å². The number of esters is 1. The highest BCUT2D eigenvalue weighted by atomic mass is 16.5. The minimum Gasteiger partial charge on any atom is -0.468 e. The Balaban J connectivity index is 1.89. The molecule has 1 aliphatic rings. The van der Waals surface area contributed by atoms with Gasteiger partial charge in [0, 0.05) is 12.5 Å². The van der Waals surface area contributed by atoms with Gasteiger partial charge in [0.1, 0.15) is 0 Å². The van der Waals surface area contributed by atoms with Gasteiger partial charge in [-0.2, -0.15) is 0 Å². The number of carbonyl (C=O) groups excluding carboxylic acids is 2. The fourth-order valence-corrected chi connectivity index (χ4v) is 2.71. The summed E-state index contributed by atoms with van der Waals surface area (Å²) in [5, 5.41) is 4.97. The van der Waals surface area contributed by atoms with E-state index in [0.717, 1.165) is 29.2 Å². The molecule has 2 aromatic rings. The Bertz CT molecular complexity index is 701. The van der Waals surface area contributed by atoms with Crippen molar-refractivity contribution in [1.29, 1.82) is 0 Å². The van der Waals surface area contributed by atoms with Gasteiger partial charge in [-0.15, -0.1) is 0 Å². The highest BCUT2D eigenvalue weighted by Gasteiger charge is 2.31. The van der Waals surface area contributed by atoms with Crippen molar-refractivity contribution in [1.82, 2.24) is 5.32 Å². The van der Waals surface area contributed by atoms with Gasteiger partial charge in [-0.25, -0.2) is 0 Å². The SMILES string of the molecule is COC(=O)C(CNC(=O)C1CC1)c1cccc2ccccc12. The zero-order valence-corrected chi connectivity index (χ0v) is 12.5. The summed E-state index contributed by atoms with van der Waals surface area (Å²) in [5.41, 5.74) is 0.890. The third kappa shape index (κ3) is 2.96. The van der Waals surface area contributed by atoms with Crippen LogP contribution in [0, 0.1) is 5.92 Å². The Hall–Kier alpha value is -2.36. The summed E-state index contributed by atoms with van der Waals surface area (Å²) in [4.78, 5) is 24.0. The third-order valence-corrected chi connectivity index (χ3v) is 4.11.